The molecule has 4 aromatic rings. The fourth-order valence-electron chi connectivity index (χ4n) is 11.0. The number of carbonyl (C=O) groups excluding carboxylic acids is 12. The molecule has 11 amide bonds. The van der Waals surface area contributed by atoms with E-state index in [0.717, 1.165) is 11.8 Å². The number of hydrogen-bond acceptors (Lipinski definition) is 23. The lowest BCUT2D eigenvalue weighted by Gasteiger charge is -2.36. The zero-order chi connectivity index (χ0) is 75.9. The second-order valence-corrected chi connectivity index (χ2v) is 25.5. The van der Waals surface area contributed by atoms with E-state index in [2.05, 4.69) is 89.1 Å². The van der Waals surface area contributed by atoms with E-state index in [0.29, 0.717) is 16.7 Å². The van der Waals surface area contributed by atoms with E-state index in [1.165, 1.54) is 54.6 Å². The molecule has 8 atom stereocenters. The van der Waals surface area contributed by atoms with Crippen LogP contribution in [0.5, 0.6) is 23.0 Å². The molecule has 0 bridgehead atoms. The average Bonchev–Trinajstić information content (AvgIpc) is 1.49. The molecule has 556 valence electrons. The van der Waals surface area contributed by atoms with Crippen LogP contribution in [0, 0.1) is 5.41 Å². The van der Waals surface area contributed by atoms with E-state index in [4.69, 9.17) is 25.7 Å². The monoisotopic (exact) mass is 1500 g/mol. The van der Waals surface area contributed by atoms with Crippen molar-refractivity contribution in [1.82, 2.24) is 63.8 Å². The quantitative estimate of drug-likeness (QED) is 0.00735. The van der Waals surface area contributed by atoms with Crippen molar-refractivity contribution in [3.8, 4) is 23.0 Å². The summed E-state index contributed by atoms with van der Waals surface area (Å²) >= 11 is 9.01. The van der Waals surface area contributed by atoms with Gasteiger partial charge in [-0.15, -0.1) is 11.8 Å². The van der Waals surface area contributed by atoms with E-state index < -0.39 is 192 Å². The number of aliphatic carboxylic acids is 3. The number of carboxylic acids is 3. The molecular formula is C65H76N14O22S3. The molecule has 3 heterocycles. The van der Waals surface area contributed by atoms with Gasteiger partial charge in [0.2, 0.25) is 59.1 Å². The largest absolute Gasteiger partial charge is 0.508 e. The Morgan fingerprint density at radius 1 is 0.606 bits per heavy atom. The number of thiol groups is 2. The molecule has 0 aromatic heterocycles. The van der Waals surface area contributed by atoms with Gasteiger partial charge in [-0.2, -0.15) is 25.3 Å². The fourth-order valence-corrected chi connectivity index (χ4v) is 12.4. The molecule has 39 heteroatoms. The summed E-state index contributed by atoms with van der Waals surface area (Å²) in [4.78, 5) is 199. The van der Waals surface area contributed by atoms with Gasteiger partial charge in [0, 0.05) is 71.2 Å². The minimum absolute atomic E-state index is 0.000505. The predicted octanol–water partition coefficient (Wildman–Crippen LogP) is -3.18. The maximum Gasteiger partial charge on any atom is 0.340 e. The van der Waals surface area contributed by atoms with E-state index in [-0.39, 0.29) is 97.1 Å². The Morgan fingerprint density at radius 2 is 1.20 bits per heavy atom. The predicted molar refractivity (Wildman–Crippen MR) is 372 cm³/mol. The van der Waals surface area contributed by atoms with Crippen molar-refractivity contribution in [2.75, 3.05) is 49.2 Å². The number of fused-ring (bicyclic) bond motifs is 6. The first-order valence-corrected chi connectivity index (χ1v) is 34.5. The lowest BCUT2D eigenvalue weighted by Crippen LogP contribution is -2.60. The molecule has 1 fully saturated rings. The number of hydrogen-bond donors (Lipinski definition) is 21. The van der Waals surface area contributed by atoms with Crippen LogP contribution in [-0.4, -0.2) is 218 Å². The number of amides is 11. The Balaban J connectivity index is 0.951. The van der Waals surface area contributed by atoms with E-state index >= 15 is 0 Å². The van der Waals surface area contributed by atoms with Crippen molar-refractivity contribution < 1.29 is 107 Å². The molecule has 4 aromatic carbocycles. The van der Waals surface area contributed by atoms with Gasteiger partial charge in [-0.1, -0.05) is 30.3 Å². The number of nitrogens with one attached hydrogen (secondary N) is 13. The molecular weight excluding hydrogens is 1420 g/mol. The van der Waals surface area contributed by atoms with Crippen LogP contribution in [0.1, 0.15) is 87.9 Å². The summed E-state index contributed by atoms with van der Waals surface area (Å²) in [6.07, 6.45) is -2.28. The minimum Gasteiger partial charge on any atom is -0.508 e. The molecule has 3 aliphatic rings. The first-order chi connectivity index (χ1) is 49.5. The van der Waals surface area contributed by atoms with Gasteiger partial charge in [-0.3, -0.25) is 72.5 Å². The highest BCUT2D eigenvalue weighted by atomic mass is 32.2. The fraction of sp³-hybridized carbons (Fsp3) is 0.385. The number of guanidine groups is 1. The minimum atomic E-state index is -1.94. The number of carboxylic acid groups (broad SMARTS) is 3. The van der Waals surface area contributed by atoms with E-state index in [1.54, 1.807) is 30.3 Å². The number of unbranched alkanes of at least 4 members (excludes halogenated alkanes) is 1. The third kappa shape index (κ3) is 22.1. The zero-order valence-electron chi connectivity index (χ0n) is 55.1. The van der Waals surface area contributed by atoms with Crippen LogP contribution in [0.4, 0.5) is 0 Å². The lowest BCUT2D eigenvalue weighted by molar-refractivity contribution is -0.141. The number of aromatic hydroxyl groups is 2. The highest BCUT2D eigenvalue weighted by molar-refractivity contribution is 8.00. The van der Waals surface area contributed by atoms with E-state index in [1.807, 2.05) is 0 Å². The number of benzene rings is 4. The topological polar surface area (TPSA) is 570 Å². The van der Waals surface area contributed by atoms with Crippen molar-refractivity contribution in [1.29, 1.82) is 5.41 Å². The number of phenols is 2. The Labute approximate surface area is 606 Å². The molecule has 3 aliphatic heterocycles. The molecule has 1 spiro atoms. The number of thioether (sulfide) groups is 1. The van der Waals surface area contributed by atoms with Crippen LogP contribution >= 0.6 is 37.0 Å². The Bertz CT molecular complexity index is 3930. The first-order valence-electron chi connectivity index (χ1n) is 32.0. The van der Waals surface area contributed by atoms with Crippen LogP contribution in [0.15, 0.2) is 84.9 Å². The lowest BCUT2D eigenvalue weighted by atomic mass is 9.77. The molecule has 7 rings (SSSR count). The van der Waals surface area contributed by atoms with Gasteiger partial charge in [0.25, 0.3) is 5.91 Å². The van der Waals surface area contributed by atoms with Gasteiger partial charge in [-0.25, -0.2) is 4.79 Å². The average molecular weight is 1500 g/mol. The van der Waals surface area contributed by atoms with Crippen molar-refractivity contribution in [2.24, 2.45) is 5.73 Å². The Kier molecular flexibility index (Phi) is 28.9. The second-order valence-electron chi connectivity index (χ2n) is 23.7. The van der Waals surface area contributed by atoms with Gasteiger partial charge in [0.15, 0.2) is 11.6 Å². The Hall–Kier alpha value is -11.4. The first kappa shape index (κ1) is 80.0. The SMILES string of the molecule is N=C(N)NCCC[C@H](NC(=O)C1CSCC(=O)N[C@@H](CCCCNC(=O)c2ccc3c(c2)C2(OC3=O)c3ccc(O)cc3Oc3cc(O)ccc32)C(=O)N[C@@H](CC(=O)O)C(=O)N1)C(=O)NCC(=O)N[C@@H](CC(=O)O)C(=O)N[C@@H](CS)C(=O)N[C@@H](Cc1ccccc1)C(=O)N[C@@H](CS)C(=O)NCC(=O)O. The van der Waals surface area contributed by atoms with Crippen LogP contribution in [0.2, 0.25) is 0 Å². The van der Waals surface area contributed by atoms with Gasteiger partial charge in [-0.05, 0) is 80.1 Å². The normalized spacial score (nSPS) is 17.2. The number of esters is 1. The van der Waals surface area contributed by atoms with Crippen molar-refractivity contribution >= 4 is 132 Å². The molecule has 0 radical (unpaired) electrons. The van der Waals surface area contributed by atoms with Crippen LogP contribution < -0.4 is 74.3 Å². The van der Waals surface area contributed by atoms with Gasteiger partial charge in [0.05, 0.1) is 30.7 Å². The molecule has 104 heavy (non-hydrogen) atoms. The summed E-state index contributed by atoms with van der Waals surface area (Å²) in [5, 5.41) is 85.4. The van der Waals surface area contributed by atoms with Crippen molar-refractivity contribution in [3.05, 3.63) is 118 Å². The second kappa shape index (κ2) is 37.5. The highest BCUT2D eigenvalue weighted by Crippen LogP contribution is 2.57. The zero-order valence-corrected chi connectivity index (χ0v) is 57.7. The number of nitrogens with two attached hydrogens (primary N) is 1. The summed E-state index contributed by atoms with van der Waals surface area (Å²) in [6, 6.07) is 8.08. The maximum atomic E-state index is 14.2. The van der Waals surface area contributed by atoms with Crippen LogP contribution in [-0.2, 0) is 79.1 Å². The van der Waals surface area contributed by atoms with Gasteiger partial charge in [0.1, 0.15) is 77.9 Å². The van der Waals surface area contributed by atoms with Crippen LogP contribution in [0.25, 0.3) is 0 Å². The summed E-state index contributed by atoms with van der Waals surface area (Å²) in [7, 11) is 0. The number of ether oxygens (including phenoxy) is 2. The smallest absolute Gasteiger partial charge is 0.340 e. The summed E-state index contributed by atoms with van der Waals surface area (Å²) in [5.41, 5.74) is 5.47. The number of phenolic OH excluding ortho intramolecular Hbond substituents is 2. The standard InChI is InChI=1S/C65H76N14O22S3/c66-64(67)69-18-6-10-39(55(91)70-25-49(82)73-42(23-51(84)85)59(95)78-45(28-103)61(97)75-41(19-31-7-2-1-3-8-31)58(94)77-44(27-102)56(92)71-26-53(88)89)74-62(98)46-29-104-30-50(83)72-40(57(93)76-43(24-52(86)87)60(96)79-46)9-4-5-17-68-54(90)32-11-14-35-38(20-32)65(101-63(35)99)36-15-12-33(80)21-47(36)100-48-22-34(81)13-16-37(48)65/h1-3,7-8,11-16,20-22,39-46,80-81,102-103H,4-6,9-10,17-19,23-30H2,(H,68,90)(H,70,91)(H,71,92)(H,72,83)(H,73,82)(H,74,98)(H,75,97)(H,76,93)(H,77,94)(H,78,95)(H,79,96)(H,84,85)(H,86,87)(H,88,89)(H4,66,67,69)/t39-,40-,41-,42-,43-,44-,45-,46?/m0/s1. The van der Waals surface area contributed by atoms with Gasteiger partial charge < -0.3 is 105 Å². The summed E-state index contributed by atoms with van der Waals surface area (Å²) in [6.45, 7) is -1.79. The number of rotatable bonds is 33. The van der Waals surface area contributed by atoms with Gasteiger partial charge >= 0.3 is 23.9 Å². The number of carbonyl (C=O) groups is 15. The summed E-state index contributed by atoms with van der Waals surface area (Å²) < 4.78 is 12.1. The molecule has 0 saturated carbocycles. The molecule has 36 nitrogen and oxygen atoms in total. The molecule has 1 saturated heterocycles. The third-order valence-electron chi connectivity index (χ3n) is 16.1. The Morgan fingerprint density at radius 3 is 1.83 bits per heavy atom. The van der Waals surface area contributed by atoms with Crippen molar-refractivity contribution in [3.63, 3.8) is 0 Å². The van der Waals surface area contributed by atoms with Crippen LogP contribution in [0.3, 0.4) is 0 Å². The third-order valence-corrected chi connectivity index (χ3v) is 17.9. The van der Waals surface area contributed by atoms with Crippen molar-refractivity contribution in [2.45, 2.75) is 105 Å². The molecule has 1 unspecified atom stereocenters. The van der Waals surface area contributed by atoms with E-state index in [9.17, 15) is 92.3 Å². The molecule has 0 aliphatic carbocycles. The summed E-state index contributed by atoms with van der Waals surface area (Å²) in [5.74, 6) is -18.3. The maximum absolute atomic E-state index is 14.2. The highest BCUT2D eigenvalue weighted by Gasteiger charge is 2.54. The molecule has 20 N–H and O–H groups in total.